The largest absolute Gasteiger partial charge is 0.456 e. The van der Waals surface area contributed by atoms with Gasteiger partial charge in [-0.3, -0.25) is 0 Å². The molecule has 0 atom stereocenters. The summed E-state index contributed by atoms with van der Waals surface area (Å²) in [5.41, 5.74) is 14.0. The van der Waals surface area contributed by atoms with E-state index >= 15 is 0 Å². The Bertz CT molecular complexity index is 4220. The van der Waals surface area contributed by atoms with Gasteiger partial charge in [-0.15, -0.1) is 11.3 Å². The van der Waals surface area contributed by atoms with Crippen LogP contribution in [0.3, 0.4) is 0 Å². The van der Waals surface area contributed by atoms with Crippen LogP contribution >= 0.6 is 11.3 Å². The monoisotopic (exact) mass is 888 g/mol. The number of hydrogen-bond donors (Lipinski definition) is 0. The SMILES string of the molecule is CC(C)(C)c1ccc2oc3c4c(c5sc6ccccc6c5c3c2c1)B1c2c(cc(-c3cccc5c3C(C)(C)CCC5(C)C)cc2O4)Oc2c1c1oc3ccccc3c1c1c2oc2ccccc21. The third kappa shape index (κ3) is 4.90. The predicted molar refractivity (Wildman–Crippen MR) is 278 cm³/mol. The van der Waals surface area contributed by atoms with E-state index in [9.17, 15) is 0 Å². The van der Waals surface area contributed by atoms with E-state index in [2.05, 4.69) is 158 Å². The second-order valence-electron chi connectivity index (χ2n) is 21.7. The van der Waals surface area contributed by atoms with E-state index in [0.29, 0.717) is 11.3 Å². The number of thiophene rings is 1. The number of fused-ring (bicyclic) bond motifs is 23. The first-order valence-electron chi connectivity index (χ1n) is 23.6. The fraction of sp³-hybridized carbons (Fsp3) is 0.200. The lowest BCUT2D eigenvalue weighted by molar-refractivity contribution is 0.333. The molecule has 0 unspecified atom stereocenters. The lowest BCUT2D eigenvalue weighted by Crippen LogP contribution is -2.57. The van der Waals surface area contributed by atoms with Crippen molar-refractivity contribution < 1.29 is 22.7 Å². The minimum atomic E-state index is -0.370. The van der Waals surface area contributed by atoms with E-state index in [-0.39, 0.29) is 23.0 Å². The highest BCUT2D eigenvalue weighted by molar-refractivity contribution is 7.28. The Labute approximate surface area is 390 Å². The molecular formula is C60H45BO5S. The molecule has 12 aromatic rings. The summed E-state index contributed by atoms with van der Waals surface area (Å²) in [4.78, 5) is 0. The number of ether oxygens (including phenoxy) is 2. The zero-order valence-electron chi connectivity index (χ0n) is 38.5. The first kappa shape index (κ1) is 38.2. The normalized spacial score (nSPS) is 16.0. The quantitative estimate of drug-likeness (QED) is 0.154. The summed E-state index contributed by atoms with van der Waals surface area (Å²) in [6.07, 6.45) is 2.23. The molecule has 4 aromatic heterocycles. The van der Waals surface area contributed by atoms with E-state index in [0.717, 1.165) is 112 Å². The van der Waals surface area contributed by atoms with Crippen LogP contribution in [0, 0.1) is 0 Å². The van der Waals surface area contributed by atoms with E-state index in [4.69, 9.17) is 22.7 Å². The number of hydrogen-bond acceptors (Lipinski definition) is 6. The molecule has 0 amide bonds. The lowest BCUT2D eigenvalue weighted by Gasteiger charge is -2.43. The predicted octanol–water partition coefficient (Wildman–Crippen LogP) is 15.8. The number of furan rings is 3. The van der Waals surface area contributed by atoms with Gasteiger partial charge in [-0.25, -0.2) is 0 Å². The van der Waals surface area contributed by atoms with Crippen LogP contribution < -0.4 is 25.9 Å². The van der Waals surface area contributed by atoms with Gasteiger partial charge in [-0.05, 0) is 105 Å². The van der Waals surface area contributed by atoms with Gasteiger partial charge in [0, 0.05) is 63.4 Å². The molecule has 0 saturated heterocycles. The Morgan fingerprint density at radius 2 is 1.10 bits per heavy atom. The topological polar surface area (TPSA) is 57.9 Å². The molecule has 0 bridgehead atoms. The van der Waals surface area contributed by atoms with E-state index in [1.807, 2.05) is 23.5 Å². The maximum Gasteiger partial charge on any atom is 0.267 e. The highest BCUT2D eigenvalue weighted by atomic mass is 32.1. The van der Waals surface area contributed by atoms with Gasteiger partial charge < -0.3 is 22.7 Å². The van der Waals surface area contributed by atoms with Crippen molar-refractivity contribution in [2.75, 3.05) is 0 Å². The minimum absolute atomic E-state index is 0.0372. The van der Waals surface area contributed by atoms with Crippen LogP contribution in [0.1, 0.15) is 78.0 Å². The molecule has 1 aliphatic carbocycles. The van der Waals surface area contributed by atoms with Crippen molar-refractivity contribution in [2.24, 2.45) is 0 Å². The van der Waals surface area contributed by atoms with Gasteiger partial charge >= 0.3 is 0 Å². The number of para-hydroxylation sites is 2. The summed E-state index contributed by atoms with van der Waals surface area (Å²) in [7, 11) is 0. The Kier molecular flexibility index (Phi) is 7.14. The molecule has 0 fully saturated rings. The molecule has 0 spiro atoms. The van der Waals surface area contributed by atoms with Crippen LogP contribution in [-0.4, -0.2) is 6.71 Å². The summed E-state index contributed by atoms with van der Waals surface area (Å²) in [6, 6.07) is 43.6. The molecule has 3 aliphatic rings. The van der Waals surface area contributed by atoms with Crippen molar-refractivity contribution >= 4 is 120 Å². The van der Waals surface area contributed by atoms with Gasteiger partial charge in [-0.1, -0.05) is 127 Å². The first-order valence-corrected chi connectivity index (χ1v) is 24.5. The van der Waals surface area contributed by atoms with Crippen LogP contribution in [0.2, 0.25) is 0 Å². The van der Waals surface area contributed by atoms with Gasteiger partial charge in [0.05, 0.1) is 0 Å². The Morgan fingerprint density at radius 3 is 1.81 bits per heavy atom. The van der Waals surface area contributed by atoms with Gasteiger partial charge in [0.2, 0.25) is 0 Å². The highest BCUT2D eigenvalue weighted by Gasteiger charge is 2.48. The molecule has 5 nitrogen and oxygen atoms in total. The van der Waals surface area contributed by atoms with Crippen LogP contribution in [0.25, 0.3) is 97.1 Å². The average molecular weight is 889 g/mol. The lowest BCUT2D eigenvalue weighted by atomic mass is 9.34. The minimum Gasteiger partial charge on any atom is -0.456 e. The van der Waals surface area contributed by atoms with E-state index in [1.54, 1.807) is 0 Å². The van der Waals surface area contributed by atoms with Crippen LogP contribution in [0.15, 0.2) is 135 Å². The third-order valence-corrected chi connectivity index (χ3v) is 17.0. The van der Waals surface area contributed by atoms with Crippen molar-refractivity contribution in [1.29, 1.82) is 0 Å². The Balaban J connectivity index is 1.13. The number of rotatable bonds is 1. The summed E-state index contributed by atoms with van der Waals surface area (Å²) in [5, 5.41) is 8.66. The summed E-state index contributed by atoms with van der Waals surface area (Å²) in [5.74, 6) is 2.93. The summed E-state index contributed by atoms with van der Waals surface area (Å²) < 4.78 is 38.8. The standard InChI is InChI=1S/C60H45BO5S/c1-58(2,3)31-23-24-40-36(29-31)46-47-35-17-10-13-22-43(35)67-57(47)51-56(54(46)64-40)66-42-28-30(32-18-14-19-37-48(32)60(6,7)26-25-59(37,4)5)27-41-49(42)61(51)50-52-44(33-15-8-11-20-38(33)62-52)45-34-16-9-12-21-39(34)63-53(45)55(50)65-41/h8-24,27-29H,25-26H2,1-7H3. The molecule has 6 heterocycles. The summed E-state index contributed by atoms with van der Waals surface area (Å²) in [6.45, 7) is 16.0. The summed E-state index contributed by atoms with van der Waals surface area (Å²) >= 11 is 1.83. The zero-order chi connectivity index (χ0) is 45.0. The van der Waals surface area contributed by atoms with Crippen molar-refractivity contribution in [3.8, 4) is 34.1 Å². The molecule has 0 radical (unpaired) electrons. The Hall–Kier alpha value is -6.96. The third-order valence-electron chi connectivity index (χ3n) is 15.8. The molecule has 2 aliphatic heterocycles. The van der Waals surface area contributed by atoms with Crippen LogP contribution in [0.4, 0.5) is 0 Å². The molecule has 15 rings (SSSR count). The zero-order valence-corrected chi connectivity index (χ0v) is 39.3. The fourth-order valence-corrected chi connectivity index (χ4v) is 13.7. The van der Waals surface area contributed by atoms with Gasteiger partial charge in [-0.2, -0.15) is 0 Å². The molecule has 7 heteroatoms. The Morgan fingerprint density at radius 1 is 0.522 bits per heavy atom. The van der Waals surface area contributed by atoms with Crippen molar-refractivity contribution in [1.82, 2.24) is 0 Å². The second-order valence-corrected chi connectivity index (χ2v) is 22.7. The average Bonchev–Trinajstić information content (AvgIpc) is 4.10. The fourth-order valence-electron chi connectivity index (χ4n) is 12.4. The molecule has 324 valence electrons. The van der Waals surface area contributed by atoms with Gasteiger partial charge in [0.25, 0.3) is 6.71 Å². The first-order chi connectivity index (χ1) is 32.3. The van der Waals surface area contributed by atoms with Crippen molar-refractivity contribution in [3.63, 3.8) is 0 Å². The van der Waals surface area contributed by atoms with Gasteiger partial charge in [0.15, 0.2) is 22.7 Å². The van der Waals surface area contributed by atoms with E-state index < -0.39 is 0 Å². The molecule has 0 N–H and O–H groups in total. The molecular weight excluding hydrogens is 844 g/mol. The van der Waals surface area contributed by atoms with Crippen LogP contribution in [0.5, 0.6) is 23.0 Å². The van der Waals surface area contributed by atoms with Gasteiger partial charge in [0.1, 0.15) is 33.8 Å². The number of benzene rings is 8. The molecule has 0 saturated carbocycles. The van der Waals surface area contributed by atoms with E-state index in [1.165, 1.54) is 42.4 Å². The maximum atomic E-state index is 7.57. The van der Waals surface area contributed by atoms with Crippen molar-refractivity contribution in [3.05, 3.63) is 138 Å². The van der Waals surface area contributed by atoms with Crippen molar-refractivity contribution in [2.45, 2.75) is 77.6 Å². The second kappa shape index (κ2) is 12.5. The van der Waals surface area contributed by atoms with Crippen LogP contribution in [-0.2, 0) is 16.2 Å². The molecule has 67 heavy (non-hydrogen) atoms. The molecule has 8 aromatic carbocycles. The maximum absolute atomic E-state index is 7.57. The smallest absolute Gasteiger partial charge is 0.267 e. The highest BCUT2D eigenvalue weighted by Crippen LogP contribution is 2.54.